The van der Waals surface area contributed by atoms with Crippen LogP contribution in [0.5, 0.6) is 5.75 Å². The molecule has 0 unspecified atom stereocenters. The predicted molar refractivity (Wildman–Crippen MR) is 70.5 cm³/mol. The van der Waals surface area contributed by atoms with Gasteiger partial charge in [-0.3, -0.25) is 0 Å². The molecule has 1 aromatic rings. The molecule has 0 aromatic heterocycles. The lowest BCUT2D eigenvalue weighted by Crippen LogP contribution is -2.49. The number of benzene rings is 1. The van der Waals surface area contributed by atoms with Gasteiger partial charge in [0.05, 0.1) is 6.61 Å². The summed E-state index contributed by atoms with van der Waals surface area (Å²) in [4.78, 5) is 0. The van der Waals surface area contributed by atoms with Crippen molar-refractivity contribution in [2.75, 3.05) is 6.61 Å². The zero-order valence-corrected chi connectivity index (χ0v) is 11.0. The SMILES string of the molecule is CC1(C)c2ccccc2OCC12CCCCC2. The van der Waals surface area contributed by atoms with Gasteiger partial charge in [-0.1, -0.05) is 51.3 Å². The highest BCUT2D eigenvalue weighted by atomic mass is 16.5. The second-order valence-corrected chi connectivity index (χ2v) is 6.25. The highest BCUT2D eigenvalue weighted by molar-refractivity contribution is 5.42. The Labute approximate surface area is 104 Å². The molecule has 0 amide bonds. The van der Waals surface area contributed by atoms with Crippen LogP contribution in [0.3, 0.4) is 0 Å². The minimum Gasteiger partial charge on any atom is -0.493 e. The molecule has 1 nitrogen and oxygen atoms in total. The van der Waals surface area contributed by atoms with Gasteiger partial charge in [-0.25, -0.2) is 0 Å². The Morgan fingerprint density at radius 1 is 1.00 bits per heavy atom. The van der Waals surface area contributed by atoms with E-state index in [1.54, 1.807) is 0 Å². The highest BCUT2D eigenvalue weighted by Gasteiger charge is 2.50. The molecular weight excluding hydrogens is 208 g/mol. The Morgan fingerprint density at radius 2 is 1.71 bits per heavy atom. The van der Waals surface area contributed by atoms with Crippen molar-refractivity contribution in [3.8, 4) is 5.75 Å². The first-order valence-corrected chi connectivity index (χ1v) is 6.88. The lowest BCUT2D eigenvalue weighted by molar-refractivity contribution is 0.00505. The molecule has 0 radical (unpaired) electrons. The van der Waals surface area contributed by atoms with Crippen LogP contribution in [0.1, 0.15) is 51.5 Å². The molecule has 0 N–H and O–H groups in total. The molecule has 1 heteroatoms. The summed E-state index contributed by atoms with van der Waals surface area (Å²) in [7, 11) is 0. The summed E-state index contributed by atoms with van der Waals surface area (Å²) in [5, 5.41) is 0. The van der Waals surface area contributed by atoms with Crippen LogP contribution in [0.25, 0.3) is 0 Å². The number of fused-ring (bicyclic) bond motifs is 1. The molecule has 1 fully saturated rings. The van der Waals surface area contributed by atoms with Crippen molar-refractivity contribution < 1.29 is 4.74 Å². The van der Waals surface area contributed by atoms with Crippen LogP contribution in [0, 0.1) is 5.41 Å². The molecule has 3 rings (SSSR count). The van der Waals surface area contributed by atoms with Crippen LogP contribution >= 0.6 is 0 Å². The van der Waals surface area contributed by atoms with Crippen LogP contribution in [0.15, 0.2) is 24.3 Å². The van der Waals surface area contributed by atoms with E-state index in [1.165, 1.54) is 37.7 Å². The minimum absolute atomic E-state index is 0.252. The first kappa shape index (κ1) is 11.1. The maximum atomic E-state index is 6.05. The van der Waals surface area contributed by atoms with E-state index >= 15 is 0 Å². The Kier molecular flexibility index (Phi) is 2.46. The van der Waals surface area contributed by atoms with E-state index in [4.69, 9.17) is 4.74 Å². The fourth-order valence-electron chi connectivity index (χ4n) is 3.79. The van der Waals surface area contributed by atoms with Crippen LogP contribution < -0.4 is 4.74 Å². The smallest absolute Gasteiger partial charge is 0.123 e. The average molecular weight is 230 g/mol. The Balaban J connectivity index is 2.06. The molecule has 1 saturated carbocycles. The van der Waals surface area contributed by atoms with Gasteiger partial charge in [0, 0.05) is 16.4 Å². The van der Waals surface area contributed by atoms with Gasteiger partial charge in [-0.15, -0.1) is 0 Å². The molecule has 0 saturated heterocycles. The molecule has 1 heterocycles. The molecular formula is C16H22O. The summed E-state index contributed by atoms with van der Waals surface area (Å²) in [6.07, 6.45) is 6.80. The van der Waals surface area contributed by atoms with Crippen molar-refractivity contribution in [3.05, 3.63) is 29.8 Å². The third-order valence-corrected chi connectivity index (χ3v) is 5.20. The van der Waals surface area contributed by atoms with Crippen molar-refractivity contribution in [3.63, 3.8) is 0 Å². The van der Waals surface area contributed by atoms with Gasteiger partial charge >= 0.3 is 0 Å². The summed E-state index contributed by atoms with van der Waals surface area (Å²) in [5.74, 6) is 1.11. The summed E-state index contributed by atoms with van der Waals surface area (Å²) in [6, 6.07) is 8.59. The van der Waals surface area contributed by atoms with E-state index in [9.17, 15) is 0 Å². The number of ether oxygens (including phenoxy) is 1. The second-order valence-electron chi connectivity index (χ2n) is 6.25. The third-order valence-electron chi connectivity index (χ3n) is 5.20. The Morgan fingerprint density at radius 3 is 2.47 bits per heavy atom. The van der Waals surface area contributed by atoms with Crippen LogP contribution in [0.2, 0.25) is 0 Å². The predicted octanol–water partition coefficient (Wildman–Crippen LogP) is 4.31. The van der Waals surface area contributed by atoms with Crippen molar-refractivity contribution in [1.82, 2.24) is 0 Å². The quantitative estimate of drug-likeness (QED) is 0.645. The second kappa shape index (κ2) is 3.76. The first-order chi connectivity index (χ1) is 8.16. The Hall–Kier alpha value is -0.980. The zero-order valence-electron chi connectivity index (χ0n) is 11.0. The third kappa shape index (κ3) is 1.51. The van der Waals surface area contributed by atoms with Gasteiger partial charge in [0.2, 0.25) is 0 Å². The first-order valence-electron chi connectivity index (χ1n) is 6.88. The fourth-order valence-corrected chi connectivity index (χ4v) is 3.79. The summed E-state index contributed by atoms with van der Waals surface area (Å²) in [5.41, 5.74) is 2.04. The number of hydrogen-bond acceptors (Lipinski definition) is 1. The van der Waals surface area contributed by atoms with Crippen molar-refractivity contribution in [1.29, 1.82) is 0 Å². The summed E-state index contributed by atoms with van der Waals surface area (Å²) < 4.78 is 6.05. The minimum atomic E-state index is 0.252. The zero-order chi connectivity index (χ0) is 11.9. The lowest BCUT2D eigenvalue weighted by Gasteiger charge is -2.52. The van der Waals surface area contributed by atoms with Gasteiger partial charge in [0.15, 0.2) is 0 Å². The largest absolute Gasteiger partial charge is 0.493 e. The van der Waals surface area contributed by atoms with Gasteiger partial charge in [-0.2, -0.15) is 0 Å². The summed E-state index contributed by atoms with van der Waals surface area (Å²) >= 11 is 0. The highest BCUT2D eigenvalue weighted by Crippen LogP contribution is 2.55. The van der Waals surface area contributed by atoms with Gasteiger partial charge < -0.3 is 4.74 Å². The standard InChI is InChI=1S/C16H22O/c1-15(2)13-8-4-5-9-14(13)17-12-16(15)10-6-3-7-11-16/h4-5,8-9H,3,6-7,10-12H2,1-2H3. The van der Waals surface area contributed by atoms with Crippen LogP contribution in [-0.4, -0.2) is 6.61 Å². The van der Waals surface area contributed by atoms with Gasteiger partial charge in [0.25, 0.3) is 0 Å². The van der Waals surface area contributed by atoms with Gasteiger partial charge in [0.1, 0.15) is 5.75 Å². The molecule has 92 valence electrons. The maximum absolute atomic E-state index is 6.05. The molecule has 0 atom stereocenters. The molecule has 2 aliphatic rings. The van der Waals surface area contributed by atoms with E-state index in [0.29, 0.717) is 5.41 Å². The van der Waals surface area contributed by atoms with Crippen LogP contribution in [-0.2, 0) is 5.41 Å². The average Bonchev–Trinajstić information content (AvgIpc) is 2.36. The van der Waals surface area contributed by atoms with E-state index < -0.39 is 0 Å². The Bertz CT molecular complexity index is 413. The molecule has 17 heavy (non-hydrogen) atoms. The molecule has 1 spiro atoms. The number of hydrogen-bond donors (Lipinski definition) is 0. The molecule has 1 aliphatic carbocycles. The number of rotatable bonds is 0. The fraction of sp³-hybridized carbons (Fsp3) is 0.625. The van der Waals surface area contributed by atoms with Gasteiger partial charge in [-0.05, 0) is 18.9 Å². The summed E-state index contributed by atoms with van der Waals surface area (Å²) in [6.45, 7) is 5.75. The van der Waals surface area contributed by atoms with E-state index in [-0.39, 0.29) is 5.41 Å². The van der Waals surface area contributed by atoms with E-state index in [2.05, 4.69) is 38.1 Å². The lowest BCUT2D eigenvalue weighted by atomic mass is 9.55. The van der Waals surface area contributed by atoms with E-state index in [1.807, 2.05) is 0 Å². The van der Waals surface area contributed by atoms with Crippen LogP contribution in [0.4, 0.5) is 0 Å². The maximum Gasteiger partial charge on any atom is 0.123 e. The normalized spacial score (nSPS) is 25.1. The van der Waals surface area contributed by atoms with E-state index in [0.717, 1.165) is 12.4 Å². The molecule has 0 bridgehead atoms. The van der Waals surface area contributed by atoms with Crippen molar-refractivity contribution in [2.24, 2.45) is 5.41 Å². The monoisotopic (exact) mass is 230 g/mol. The number of para-hydroxylation sites is 1. The molecule has 1 aromatic carbocycles. The van der Waals surface area contributed by atoms with Crippen molar-refractivity contribution >= 4 is 0 Å². The molecule has 1 aliphatic heterocycles. The topological polar surface area (TPSA) is 9.23 Å². The van der Waals surface area contributed by atoms with Crippen molar-refractivity contribution in [2.45, 2.75) is 51.4 Å².